The number of halogens is 2. The Hall–Kier alpha value is -1.19. The van der Waals surface area contributed by atoms with E-state index in [1.54, 1.807) is 0 Å². The number of rotatable bonds is 2. The van der Waals surface area contributed by atoms with Crippen molar-refractivity contribution in [2.24, 2.45) is 0 Å². The zero-order valence-electron chi connectivity index (χ0n) is 9.96. The van der Waals surface area contributed by atoms with Crippen LogP contribution < -0.4 is 11.4 Å². The van der Waals surface area contributed by atoms with Gasteiger partial charge >= 0.3 is 5.69 Å². The van der Waals surface area contributed by atoms with Crippen LogP contribution >= 0.6 is 12.6 Å². The summed E-state index contributed by atoms with van der Waals surface area (Å²) < 4.78 is 33.9. The van der Waals surface area contributed by atoms with Gasteiger partial charge in [0.15, 0.2) is 18.1 Å². The monoisotopic (exact) mass is 293 g/mol. The molecule has 3 N–H and O–H groups in total. The number of nitrogens with zero attached hydrogens (tertiary/aromatic N) is 2. The van der Waals surface area contributed by atoms with Crippen molar-refractivity contribution < 1.29 is 18.6 Å². The summed E-state index contributed by atoms with van der Waals surface area (Å²) in [6.07, 6.45) is -3.87. The van der Waals surface area contributed by atoms with Gasteiger partial charge in [0.1, 0.15) is 11.9 Å². The second kappa shape index (κ2) is 4.73. The molecule has 0 aromatic carbocycles. The molecule has 1 aliphatic rings. The van der Waals surface area contributed by atoms with Gasteiger partial charge in [-0.05, 0) is 6.92 Å². The minimum Gasteiger partial charge on any atom is -0.394 e. The lowest BCUT2D eigenvalue weighted by Gasteiger charge is -2.20. The van der Waals surface area contributed by atoms with E-state index in [0.29, 0.717) is 0 Å². The quantitative estimate of drug-likeness (QED) is 0.671. The zero-order chi connectivity index (χ0) is 14.4. The molecule has 106 valence electrons. The molecular formula is C10H13F2N3O3S. The molecule has 0 spiro atoms. The van der Waals surface area contributed by atoms with E-state index in [4.69, 9.17) is 15.6 Å². The molecule has 19 heavy (non-hydrogen) atoms. The van der Waals surface area contributed by atoms with Crippen molar-refractivity contribution >= 4 is 18.4 Å². The highest BCUT2D eigenvalue weighted by atomic mass is 32.1. The topological polar surface area (TPSA) is 90.4 Å². The largest absolute Gasteiger partial charge is 0.394 e. The van der Waals surface area contributed by atoms with Gasteiger partial charge in [0, 0.05) is 6.20 Å². The van der Waals surface area contributed by atoms with Crippen LogP contribution in [0.5, 0.6) is 0 Å². The molecule has 4 atom stereocenters. The molecule has 0 bridgehead atoms. The fraction of sp³-hybridized carbons (Fsp3) is 0.600. The SMILES string of the molecule is CC1(F)C(CO)OC(n2cc(S)c(N)nc2=O)C1F. The molecule has 2 heterocycles. The summed E-state index contributed by atoms with van der Waals surface area (Å²) in [5, 5.41) is 8.98. The summed E-state index contributed by atoms with van der Waals surface area (Å²) in [5.74, 6) is -0.111. The molecule has 1 fully saturated rings. The summed E-state index contributed by atoms with van der Waals surface area (Å²) in [7, 11) is 0. The number of aromatic nitrogens is 2. The van der Waals surface area contributed by atoms with Crippen LogP contribution in [0.15, 0.2) is 15.9 Å². The number of alkyl halides is 2. The van der Waals surface area contributed by atoms with Crippen molar-refractivity contribution in [1.82, 2.24) is 9.55 Å². The highest BCUT2D eigenvalue weighted by Gasteiger charge is 2.56. The minimum atomic E-state index is -2.41. The maximum absolute atomic E-state index is 14.1. The summed E-state index contributed by atoms with van der Waals surface area (Å²) in [4.78, 5) is 15.2. The normalized spacial score (nSPS) is 34.7. The van der Waals surface area contributed by atoms with Crippen LogP contribution in [-0.4, -0.2) is 39.2 Å². The lowest BCUT2D eigenvalue weighted by atomic mass is 9.98. The highest BCUT2D eigenvalue weighted by molar-refractivity contribution is 7.80. The fourth-order valence-electron chi connectivity index (χ4n) is 1.91. The van der Waals surface area contributed by atoms with Crippen LogP contribution in [0.3, 0.4) is 0 Å². The summed E-state index contributed by atoms with van der Waals surface area (Å²) in [6, 6.07) is 0. The molecule has 0 radical (unpaired) electrons. The average molecular weight is 293 g/mol. The van der Waals surface area contributed by atoms with E-state index >= 15 is 0 Å². The minimum absolute atomic E-state index is 0.111. The number of aliphatic hydroxyl groups excluding tert-OH is 1. The van der Waals surface area contributed by atoms with E-state index < -0.39 is 36.5 Å². The highest BCUT2D eigenvalue weighted by Crippen LogP contribution is 2.41. The number of ether oxygens (including phenoxy) is 1. The van der Waals surface area contributed by atoms with Gasteiger partial charge in [-0.3, -0.25) is 4.57 Å². The Balaban J connectivity index is 2.44. The molecule has 6 nitrogen and oxygen atoms in total. The van der Waals surface area contributed by atoms with Gasteiger partial charge < -0.3 is 15.6 Å². The van der Waals surface area contributed by atoms with Crippen molar-refractivity contribution in [3.63, 3.8) is 0 Å². The fourth-order valence-corrected chi connectivity index (χ4v) is 2.08. The van der Waals surface area contributed by atoms with Crippen molar-refractivity contribution in [2.45, 2.75) is 36.0 Å². The molecular weight excluding hydrogens is 280 g/mol. The molecule has 9 heteroatoms. The van der Waals surface area contributed by atoms with Crippen LogP contribution in [0, 0.1) is 0 Å². The number of aliphatic hydroxyl groups is 1. The van der Waals surface area contributed by atoms with Crippen molar-refractivity contribution in [3.05, 3.63) is 16.7 Å². The van der Waals surface area contributed by atoms with Crippen molar-refractivity contribution in [2.75, 3.05) is 12.3 Å². The first-order chi connectivity index (χ1) is 8.78. The Kier molecular flexibility index (Phi) is 3.54. The molecule has 1 aromatic rings. The third kappa shape index (κ3) is 2.21. The number of nitrogens with two attached hydrogens (primary N) is 1. The molecule has 1 aromatic heterocycles. The van der Waals surface area contributed by atoms with Crippen molar-refractivity contribution in [3.8, 4) is 0 Å². The Morgan fingerprint density at radius 3 is 2.89 bits per heavy atom. The first-order valence-electron chi connectivity index (χ1n) is 5.46. The van der Waals surface area contributed by atoms with Gasteiger partial charge in [-0.15, -0.1) is 12.6 Å². The number of nitrogen functional groups attached to an aromatic ring is 1. The third-order valence-electron chi connectivity index (χ3n) is 3.12. The maximum atomic E-state index is 14.1. The standard InChI is InChI=1S/C10H13F2N3O3S/c1-10(12)5(3-16)18-8(6(10)11)15-2-4(19)7(13)14-9(15)17/h2,5-6,8,16,19H,3H2,1H3,(H2,13,14,17). The van der Waals surface area contributed by atoms with Crippen molar-refractivity contribution in [1.29, 1.82) is 0 Å². The number of hydrogen-bond donors (Lipinski definition) is 3. The van der Waals surface area contributed by atoms with Gasteiger partial charge in [-0.2, -0.15) is 4.98 Å². The van der Waals surface area contributed by atoms with Gasteiger partial charge in [-0.25, -0.2) is 13.6 Å². The molecule has 4 unspecified atom stereocenters. The summed E-state index contributed by atoms with van der Waals surface area (Å²) in [6.45, 7) is 0.269. The molecule has 1 saturated heterocycles. The van der Waals surface area contributed by atoms with Gasteiger partial charge in [0.05, 0.1) is 11.5 Å². The number of hydrogen-bond acceptors (Lipinski definition) is 6. The lowest BCUT2D eigenvalue weighted by molar-refractivity contribution is -0.0534. The van der Waals surface area contributed by atoms with Crippen LogP contribution in [0.2, 0.25) is 0 Å². The van der Waals surface area contributed by atoms with Gasteiger partial charge in [-0.1, -0.05) is 0 Å². The van der Waals surface area contributed by atoms with E-state index in [2.05, 4.69) is 17.6 Å². The third-order valence-corrected chi connectivity index (χ3v) is 3.47. The van der Waals surface area contributed by atoms with Crippen LogP contribution in [-0.2, 0) is 4.74 Å². The second-order valence-electron chi connectivity index (χ2n) is 4.45. The van der Waals surface area contributed by atoms with E-state index in [9.17, 15) is 13.6 Å². The molecule has 0 saturated carbocycles. The molecule has 0 aliphatic carbocycles. The molecule has 2 rings (SSSR count). The maximum Gasteiger partial charge on any atom is 0.351 e. The Morgan fingerprint density at radius 1 is 1.74 bits per heavy atom. The Morgan fingerprint density at radius 2 is 2.37 bits per heavy atom. The molecule has 1 aliphatic heterocycles. The molecule has 0 amide bonds. The zero-order valence-corrected chi connectivity index (χ0v) is 10.8. The Bertz CT molecular complexity index is 551. The number of thiol groups is 1. The Labute approximate surface area is 112 Å². The van der Waals surface area contributed by atoms with Crippen LogP contribution in [0.4, 0.5) is 14.6 Å². The van der Waals surface area contributed by atoms with E-state index in [1.165, 1.54) is 0 Å². The summed E-state index contributed by atoms with van der Waals surface area (Å²) in [5.41, 5.74) is 2.10. The van der Waals surface area contributed by atoms with Crippen LogP contribution in [0.25, 0.3) is 0 Å². The van der Waals surface area contributed by atoms with E-state index in [0.717, 1.165) is 17.7 Å². The smallest absolute Gasteiger partial charge is 0.351 e. The summed E-state index contributed by atoms with van der Waals surface area (Å²) >= 11 is 3.96. The van der Waals surface area contributed by atoms with Gasteiger partial charge in [0.25, 0.3) is 0 Å². The average Bonchev–Trinajstić information content (AvgIpc) is 2.56. The number of anilines is 1. The van der Waals surface area contributed by atoms with E-state index in [-0.39, 0.29) is 10.7 Å². The van der Waals surface area contributed by atoms with Gasteiger partial charge in [0.2, 0.25) is 0 Å². The first-order valence-corrected chi connectivity index (χ1v) is 5.90. The lowest BCUT2D eigenvalue weighted by Crippen LogP contribution is -2.40. The second-order valence-corrected chi connectivity index (χ2v) is 4.93. The predicted molar refractivity (Wildman–Crippen MR) is 65.6 cm³/mol. The van der Waals surface area contributed by atoms with E-state index in [1.807, 2.05) is 0 Å². The van der Waals surface area contributed by atoms with Crippen LogP contribution in [0.1, 0.15) is 13.2 Å². The predicted octanol–water partition coefficient (Wildman–Crippen LogP) is 0.0702. The first kappa shape index (κ1) is 14.2.